The van der Waals surface area contributed by atoms with Crippen molar-refractivity contribution in [1.29, 1.82) is 0 Å². The summed E-state index contributed by atoms with van der Waals surface area (Å²) in [5.41, 5.74) is 0.714. The van der Waals surface area contributed by atoms with Gasteiger partial charge in [0.2, 0.25) is 0 Å². The number of aliphatic carboxylic acids is 1. The third-order valence-electron chi connectivity index (χ3n) is 2.80. The van der Waals surface area contributed by atoms with Gasteiger partial charge in [-0.05, 0) is 45.1 Å². The molecule has 21 heavy (non-hydrogen) atoms. The van der Waals surface area contributed by atoms with Gasteiger partial charge in [0.15, 0.2) is 0 Å². The highest BCUT2D eigenvalue weighted by molar-refractivity contribution is 9.10. The van der Waals surface area contributed by atoms with E-state index in [-0.39, 0.29) is 12.2 Å². The summed E-state index contributed by atoms with van der Waals surface area (Å²) >= 11 is 4.48. The molecule has 1 heterocycles. The minimum absolute atomic E-state index is 0.108. The predicted molar refractivity (Wildman–Crippen MR) is 82.7 cm³/mol. The Balaban J connectivity index is 2.09. The van der Waals surface area contributed by atoms with Crippen LogP contribution in [0.1, 0.15) is 15.2 Å². The van der Waals surface area contributed by atoms with Crippen molar-refractivity contribution in [2.45, 2.75) is 12.5 Å². The maximum Gasteiger partial charge on any atom is 0.326 e. The van der Waals surface area contributed by atoms with Crippen LogP contribution < -0.4 is 5.32 Å². The van der Waals surface area contributed by atoms with Crippen molar-refractivity contribution < 1.29 is 19.8 Å². The summed E-state index contributed by atoms with van der Waals surface area (Å²) in [5.74, 6) is -1.43. The first-order valence-corrected chi connectivity index (χ1v) is 7.69. The molecule has 0 aliphatic rings. The van der Waals surface area contributed by atoms with E-state index in [9.17, 15) is 19.8 Å². The number of phenols is 1. The second-order valence-electron chi connectivity index (χ2n) is 4.33. The van der Waals surface area contributed by atoms with Crippen LogP contribution in [0.15, 0.2) is 40.2 Å². The smallest absolute Gasteiger partial charge is 0.326 e. The summed E-state index contributed by atoms with van der Waals surface area (Å²) in [7, 11) is 0. The van der Waals surface area contributed by atoms with Crippen LogP contribution >= 0.6 is 27.3 Å². The van der Waals surface area contributed by atoms with Crippen LogP contribution in [0.5, 0.6) is 5.75 Å². The number of nitrogens with one attached hydrogen (secondary N) is 1. The zero-order valence-corrected chi connectivity index (χ0v) is 13.1. The Morgan fingerprint density at radius 1 is 1.24 bits per heavy atom. The molecule has 0 radical (unpaired) electrons. The molecule has 2 rings (SSSR count). The molecule has 1 atom stereocenters. The maximum atomic E-state index is 12.1. The lowest BCUT2D eigenvalue weighted by Crippen LogP contribution is -2.42. The highest BCUT2D eigenvalue weighted by Gasteiger charge is 2.22. The van der Waals surface area contributed by atoms with Gasteiger partial charge in [0.05, 0.1) is 0 Å². The molecule has 0 spiro atoms. The fraction of sp³-hybridized carbons (Fsp3) is 0.143. The van der Waals surface area contributed by atoms with Crippen molar-refractivity contribution in [3.05, 3.63) is 50.6 Å². The van der Waals surface area contributed by atoms with E-state index in [4.69, 9.17) is 0 Å². The number of thiophene rings is 1. The minimum atomic E-state index is -1.11. The van der Waals surface area contributed by atoms with Gasteiger partial charge in [-0.2, -0.15) is 0 Å². The first-order valence-electron chi connectivity index (χ1n) is 6.02. The Morgan fingerprint density at radius 2 is 1.90 bits per heavy atom. The van der Waals surface area contributed by atoms with E-state index >= 15 is 0 Å². The van der Waals surface area contributed by atoms with Gasteiger partial charge in [-0.25, -0.2) is 4.79 Å². The van der Waals surface area contributed by atoms with Crippen LogP contribution in [0, 0.1) is 0 Å². The van der Waals surface area contributed by atoms with Crippen molar-refractivity contribution in [1.82, 2.24) is 5.32 Å². The van der Waals surface area contributed by atoms with E-state index in [0.29, 0.717) is 14.9 Å². The number of halogens is 1. The van der Waals surface area contributed by atoms with Gasteiger partial charge in [0.1, 0.15) is 16.7 Å². The Bertz CT molecular complexity index is 653. The van der Waals surface area contributed by atoms with Crippen molar-refractivity contribution in [2.24, 2.45) is 0 Å². The largest absolute Gasteiger partial charge is 0.508 e. The maximum absolute atomic E-state index is 12.1. The van der Waals surface area contributed by atoms with Crippen LogP contribution in [0.2, 0.25) is 0 Å². The lowest BCUT2D eigenvalue weighted by molar-refractivity contribution is -0.139. The topological polar surface area (TPSA) is 86.6 Å². The molecule has 7 heteroatoms. The van der Waals surface area contributed by atoms with E-state index < -0.39 is 17.9 Å². The number of benzene rings is 1. The molecule has 0 bridgehead atoms. The number of aromatic hydroxyl groups is 1. The number of carboxylic acids is 1. The average molecular weight is 370 g/mol. The van der Waals surface area contributed by atoms with Crippen molar-refractivity contribution in [3.8, 4) is 5.75 Å². The summed E-state index contributed by atoms with van der Waals surface area (Å²) in [6.45, 7) is 0. The second-order valence-corrected chi connectivity index (χ2v) is 6.10. The number of hydrogen-bond donors (Lipinski definition) is 3. The Hall–Kier alpha value is -1.86. The first-order chi connectivity index (χ1) is 9.97. The number of carbonyl (C=O) groups is 2. The molecular formula is C14H12BrNO4S. The van der Waals surface area contributed by atoms with E-state index in [2.05, 4.69) is 21.2 Å². The molecule has 0 aliphatic heterocycles. The zero-order chi connectivity index (χ0) is 15.4. The van der Waals surface area contributed by atoms with Gasteiger partial charge in [-0.1, -0.05) is 12.1 Å². The molecule has 5 nitrogen and oxygen atoms in total. The summed E-state index contributed by atoms with van der Waals surface area (Å²) in [5, 5.41) is 22.7. The molecule has 110 valence electrons. The van der Waals surface area contributed by atoms with Gasteiger partial charge >= 0.3 is 5.97 Å². The summed E-state index contributed by atoms with van der Waals surface area (Å²) in [6, 6.07) is 6.90. The quantitative estimate of drug-likeness (QED) is 0.755. The molecule has 0 saturated carbocycles. The summed E-state index contributed by atoms with van der Waals surface area (Å²) < 4.78 is 0.638. The zero-order valence-electron chi connectivity index (χ0n) is 10.7. The number of rotatable bonds is 5. The van der Waals surface area contributed by atoms with Crippen molar-refractivity contribution >= 4 is 39.1 Å². The van der Waals surface area contributed by atoms with Crippen LogP contribution in [-0.4, -0.2) is 28.1 Å². The Kier molecular flexibility index (Phi) is 4.98. The van der Waals surface area contributed by atoms with Gasteiger partial charge < -0.3 is 15.5 Å². The lowest BCUT2D eigenvalue weighted by atomic mass is 10.1. The standard InChI is InChI=1S/C14H12BrNO4S/c15-10-5-6-21-12(10)13(18)16-11(14(19)20)7-8-1-3-9(17)4-2-8/h1-6,11,17H,7H2,(H,16,18)(H,19,20). The summed E-state index contributed by atoms with van der Waals surface area (Å²) in [6.07, 6.45) is 0.143. The molecule has 0 aliphatic carbocycles. The molecule has 0 saturated heterocycles. The Morgan fingerprint density at radius 3 is 2.43 bits per heavy atom. The number of carboxylic acid groups (broad SMARTS) is 1. The molecule has 1 aromatic carbocycles. The van der Waals surface area contributed by atoms with E-state index in [1.54, 1.807) is 23.6 Å². The molecule has 1 aromatic heterocycles. The van der Waals surface area contributed by atoms with Crippen molar-refractivity contribution in [2.75, 3.05) is 0 Å². The van der Waals surface area contributed by atoms with Crippen molar-refractivity contribution in [3.63, 3.8) is 0 Å². The minimum Gasteiger partial charge on any atom is -0.508 e. The van der Waals surface area contributed by atoms with E-state index in [1.807, 2.05) is 0 Å². The van der Waals surface area contributed by atoms with E-state index in [1.165, 1.54) is 23.5 Å². The SMILES string of the molecule is O=C(NC(Cc1ccc(O)cc1)C(=O)O)c1sccc1Br. The molecule has 1 amide bonds. The third kappa shape index (κ3) is 4.05. The monoisotopic (exact) mass is 369 g/mol. The average Bonchev–Trinajstić information content (AvgIpc) is 2.86. The number of carbonyl (C=O) groups excluding carboxylic acids is 1. The normalized spacial score (nSPS) is 11.9. The molecule has 2 aromatic rings. The second kappa shape index (κ2) is 6.73. The molecule has 3 N–H and O–H groups in total. The van der Waals surface area contributed by atoms with Crippen LogP contribution in [-0.2, 0) is 11.2 Å². The number of amides is 1. The highest BCUT2D eigenvalue weighted by atomic mass is 79.9. The highest BCUT2D eigenvalue weighted by Crippen LogP contribution is 2.22. The number of phenolic OH excluding ortho intramolecular Hbond substituents is 1. The van der Waals surface area contributed by atoms with Gasteiger partial charge in [-0.3, -0.25) is 4.79 Å². The van der Waals surface area contributed by atoms with E-state index in [0.717, 1.165) is 0 Å². The molecular weight excluding hydrogens is 358 g/mol. The number of hydrogen-bond acceptors (Lipinski definition) is 4. The van der Waals surface area contributed by atoms with Crippen LogP contribution in [0.25, 0.3) is 0 Å². The predicted octanol–water partition coefficient (Wildman–Crippen LogP) is 2.64. The van der Waals surface area contributed by atoms with Gasteiger partial charge in [-0.15, -0.1) is 11.3 Å². The molecule has 0 fully saturated rings. The fourth-order valence-electron chi connectivity index (χ4n) is 1.75. The van der Waals surface area contributed by atoms with Gasteiger partial charge in [0, 0.05) is 10.9 Å². The fourth-order valence-corrected chi connectivity index (χ4v) is 3.20. The lowest BCUT2D eigenvalue weighted by Gasteiger charge is -2.14. The molecule has 1 unspecified atom stereocenters. The summed E-state index contributed by atoms with van der Waals surface area (Å²) in [4.78, 5) is 23.8. The van der Waals surface area contributed by atoms with Crippen LogP contribution in [0.3, 0.4) is 0 Å². The third-order valence-corrected chi connectivity index (χ3v) is 4.64. The first kappa shape index (κ1) is 15.5. The Labute approximate surface area is 133 Å². The van der Waals surface area contributed by atoms with Crippen LogP contribution in [0.4, 0.5) is 0 Å². The van der Waals surface area contributed by atoms with Gasteiger partial charge in [0.25, 0.3) is 5.91 Å².